The van der Waals surface area contributed by atoms with E-state index in [1.807, 2.05) is 6.08 Å². The van der Waals surface area contributed by atoms with Gasteiger partial charge in [0.05, 0.1) is 0 Å². The zero-order valence-corrected chi connectivity index (χ0v) is 13.3. The third kappa shape index (κ3) is 3.39. The quantitative estimate of drug-likeness (QED) is 0.636. The SMILES string of the molecule is CC1=CC=C(C(=O)/C=C/C2=C(C)CCCC2(C)C)CC1. The van der Waals surface area contributed by atoms with E-state index in [1.165, 1.54) is 36.0 Å². The van der Waals surface area contributed by atoms with Gasteiger partial charge < -0.3 is 0 Å². The highest BCUT2D eigenvalue weighted by molar-refractivity contribution is 6.04. The van der Waals surface area contributed by atoms with Crippen LogP contribution in [0, 0.1) is 5.41 Å². The first-order valence-corrected chi connectivity index (χ1v) is 7.69. The number of carbonyl (C=O) groups is 1. The fourth-order valence-electron chi connectivity index (χ4n) is 3.22. The largest absolute Gasteiger partial charge is 0.290 e. The maximum Gasteiger partial charge on any atom is 0.181 e. The molecule has 0 amide bonds. The second-order valence-electron chi connectivity index (χ2n) is 6.83. The Morgan fingerprint density at radius 2 is 1.90 bits per heavy atom. The molecule has 0 heterocycles. The molecule has 0 bridgehead atoms. The standard InChI is InChI=1S/C19H26O/c1-14-7-9-16(10-8-14)18(20)12-11-17-15(2)6-5-13-19(17,3)4/h7,9,11-12H,5-6,8,10,13H2,1-4H3/b12-11+. The van der Waals surface area contributed by atoms with Crippen molar-refractivity contribution in [3.8, 4) is 0 Å². The van der Waals surface area contributed by atoms with Crippen LogP contribution in [-0.2, 0) is 4.79 Å². The number of allylic oxidation sites excluding steroid dienone is 8. The van der Waals surface area contributed by atoms with E-state index in [2.05, 4.69) is 39.8 Å². The molecular weight excluding hydrogens is 244 g/mol. The molecule has 2 aliphatic carbocycles. The molecule has 20 heavy (non-hydrogen) atoms. The molecule has 0 aromatic rings. The van der Waals surface area contributed by atoms with Gasteiger partial charge in [-0.1, -0.05) is 43.2 Å². The summed E-state index contributed by atoms with van der Waals surface area (Å²) < 4.78 is 0. The van der Waals surface area contributed by atoms with Gasteiger partial charge in [-0.3, -0.25) is 4.79 Å². The van der Waals surface area contributed by atoms with Gasteiger partial charge in [0, 0.05) is 0 Å². The lowest BCUT2D eigenvalue weighted by Gasteiger charge is -2.32. The normalized spacial score (nSPS) is 22.8. The van der Waals surface area contributed by atoms with E-state index >= 15 is 0 Å². The summed E-state index contributed by atoms with van der Waals surface area (Å²) in [5.41, 5.74) is 5.31. The fourth-order valence-corrected chi connectivity index (χ4v) is 3.22. The Balaban J connectivity index is 2.15. The number of carbonyl (C=O) groups excluding carboxylic acids is 1. The van der Waals surface area contributed by atoms with Gasteiger partial charge in [-0.25, -0.2) is 0 Å². The first-order valence-electron chi connectivity index (χ1n) is 7.69. The number of hydrogen-bond acceptors (Lipinski definition) is 1. The zero-order chi connectivity index (χ0) is 14.8. The van der Waals surface area contributed by atoms with Crippen molar-refractivity contribution < 1.29 is 4.79 Å². The summed E-state index contributed by atoms with van der Waals surface area (Å²) in [6, 6.07) is 0. The van der Waals surface area contributed by atoms with Crippen LogP contribution < -0.4 is 0 Å². The predicted octanol–water partition coefficient (Wildman–Crippen LogP) is 5.30. The Labute approximate surface area is 123 Å². The summed E-state index contributed by atoms with van der Waals surface area (Å²) in [6.45, 7) is 8.89. The molecule has 1 heteroatoms. The van der Waals surface area contributed by atoms with Crippen LogP contribution in [0.25, 0.3) is 0 Å². The van der Waals surface area contributed by atoms with Crippen molar-refractivity contribution in [1.29, 1.82) is 0 Å². The molecule has 0 unspecified atom stereocenters. The van der Waals surface area contributed by atoms with Crippen LogP contribution in [0.5, 0.6) is 0 Å². The van der Waals surface area contributed by atoms with Crippen LogP contribution in [0.3, 0.4) is 0 Å². The minimum Gasteiger partial charge on any atom is -0.290 e. The van der Waals surface area contributed by atoms with Crippen LogP contribution >= 0.6 is 0 Å². The Bertz CT molecular complexity index is 524. The molecule has 2 rings (SSSR count). The van der Waals surface area contributed by atoms with Crippen LogP contribution in [0.15, 0.2) is 46.6 Å². The van der Waals surface area contributed by atoms with Crippen molar-refractivity contribution in [2.45, 2.75) is 59.8 Å². The molecule has 0 N–H and O–H groups in total. The van der Waals surface area contributed by atoms with Crippen molar-refractivity contribution in [3.05, 3.63) is 46.6 Å². The van der Waals surface area contributed by atoms with Gasteiger partial charge in [0.2, 0.25) is 0 Å². The summed E-state index contributed by atoms with van der Waals surface area (Å²) in [7, 11) is 0. The highest BCUT2D eigenvalue weighted by Gasteiger charge is 2.26. The predicted molar refractivity (Wildman–Crippen MR) is 85.6 cm³/mol. The van der Waals surface area contributed by atoms with E-state index in [0.717, 1.165) is 18.4 Å². The van der Waals surface area contributed by atoms with E-state index < -0.39 is 0 Å². The molecule has 2 aliphatic rings. The lowest BCUT2D eigenvalue weighted by atomic mass is 9.72. The first-order chi connectivity index (χ1) is 9.40. The molecule has 0 saturated heterocycles. The second kappa shape index (κ2) is 5.95. The minimum atomic E-state index is 0.176. The molecule has 0 saturated carbocycles. The molecule has 0 fully saturated rings. The smallest absolute Gasteiger partial charge is 0.181 e. The topological polar surface area (TPSA) is 17.1 Å². The maximum absolute atomic E-state index is 12.3. The first kappa shape index (κ1) is 15.0. The second-order valence-corrected chi connectivity index (χ2v) is 6.83. The van der Waals surface area contributed by atoms with Crippen molar-refractivity contribution >= 4 is 5.78 Å². The molecule has 0 radical (unpaired) electrons. The number of hydrogen-bond donors (Lipinski definition) is 0. The van der Waals surface area contributed by atoms with Crippen molar-refractivity contribution in [2.24, 2.45) is 5.41 Å². The van der Waals surface area contributed by atoms with E-state index in [1.54, 1.807) is 6.08 Å². The van der Waals surface area contributed by atoms with Crippen molar-refractivity contribution in [3.63, 3.8) is 0 Å². The van der Waals surface area contributed by atoms with Gasteiger partial charge >= 0.3 is 0 Å². The van der Waals surface area contributed by atoms with Gasteiger partial charge in [-0.2, -0.15) is 0 Å². The molecular formula is C19H26O. The van der Waals surface area contributed by atoms with Crippen LogP contribution in [0.1, 0.15) is 59.8 Å². The monoisotopic (exact) mass is 270 g/mol. The molecule has 0 spiro atoms. The highest BCUT2D eigenvalue weighted by atomic mass is 16.1. The Kier molecular flexibility index (Phi) is 4.47. The summed E-state index contributed by atoms with van der Waals surface area (Å²) >= 11 is 0. The average Bonchev–Trinajstić information content (AvgIpc) is 2.38. The Morgan fingerprint density at radius 1 is 1.15 bits per heavy atom. The molecule has 0 atom stereocenters. The Hall–Kier alpha value is -1.37. The summed E-state index contributed by atoms with van der Waals surface area (Å²) in [5, 5.41) is 0. The van der Waals surface area contributed by atoms with E-state index in [9.17, 15) is 4.79 Å². The molecule has 0 aromatic carbocycles. The van der Waals surface area contributed by atoms with E-state index in [-0.39, 0.29) is 11.2 Å². The van der Waals surface area contributed by atoms with Crippen LogP contribution in [0.4, 0.5) is 0 Å². The molecule has 1 nitrogen and oxygen atoms in total. The van der Waals surface area contributed by atoms with Gasteiger partial charge in [0.25, 0.3) is 0 Å². The number of rotatable bonds is 3. The third-order valence-corrected chi connectivity index (χ3v) is 4.62. The van der Waals surface area contributed by atoms with Crippen LogP contribution in [0.2, 0.25) is 0 Å². The third-order valence-electron chi connectivity index (χ3n) is 4.62. The molecule has 108 valence electrons. The minimum absolute atomic E-state index is 0.176. The highest BCUT2D eigenvalue weighted by Crippen LogP contribution is 2.40. The van der Waals surface area contributed by atoms with Gasteiger partial charge in [-0.05, 0) is 68.6 Å². The zero-order valence-electron chi connectivity index (χ0n) is 13.3. The summed E-state index contributed by atoms with van der Waals surface area (Å²) in [5.74, 6) is 0.176. The summed E-state index contributed by atoms with van der Waals surface area (Å²) in [4.78, 5) is 12.3. The maximum atomic E-state index is 12.3. The summed E-state index contributed by atoms with van der Waals surface area (Å²) in [6.07, 6.45) is 13.4. The van der Waals surface area contributed by atoms with Crippen LogP contribution in [-0.4, -0.2) is 5.78 Å². The Morgan fingerprint density at radius 3 is 2.50 bits per heavy atom. The van der Waals surface area contributed by atoms with Crippen molar-refractivity contribution in [2.75, 3.05) is 0 Å². The van der Waals surface area contributed by atoms with Gasteiger partial charge in [0.15, 0.2) is 5.78 Å². The van der Waals surface area contributed by atoms with Gasteiger partial charge in [-0.15, -0.1) is 0 Å². The van der Waals surface area contributed by atoms with Gasteiger partial charge in [0.1, 0.15) is 0 Å². The van der Waals surface area contributed by atoms with E-state index in [0.29, 0.717) is 0 Å². The molecule has 0 aromatic heterocycles. The van der Waals surface area contributed by atoms with E-state index in [4.69, 9.17) is 0 Å². The lowest BCUT2D eigenvalue weighted by Crippen LogP contribution is -2.19. The van der Waals surface area contributed by atoms with Crippen molar-refractivity contribution in [1.82, 2.24) is 0 Å². The fraction of sp³-hybridized carbons (Fsp3) is 0.526. The number of ketones is 1. The molecule has 0 aliphatic heterocycles. The lowest BCUT2D eigenvalue weighted by molar-refractivity contribution is -0.111. The average molecular weight is 270 g/mol.